The summed E-state index contributed by atoms with van der Waals surface area (Å²) < 4.78 is 38.2. The maximum Gasteiger partial charge on any atom is 0.416 e. The van der Waals surface area contributed by atoms with Crippen molar-refractivity contribution in [1.29, 1.82) is 0 Å². The molecular weight excluding hydrogens is 329 g/mol. The van der Waals surface area contributed by atoms with Crippen LogP contribution in [-0.2, 0) is 11.0 Å². The van der Waals surface area contributed by atoms with Crippen molar-refractivity contribution in [2.75, 3.05) is 23.3 Å². The molecule has 0 radical (unpaired) electrons. The first-order valence-electron chi connectivity index (χ1n) is 8.21. The quantitative estimate of drug-likeness (QED) is 0.882. The highest BCUT2D eigenvalue weighted by molar-refractivity contribution is 5.92. The second-order valence-corrected chi connectivity index (χ2v) is 6.16. The molecule has 0 bridgehead atoms. The highest BCUT2D eigenvalue weighted by Gasteiger charge is 2.31. The van der Waals surface area contributed by atoms with Crippen molar-refractivity contribution in [3.05, 3.63) is 60.2 Å². The number of carbonyl (C=O) groups is 1. The normalized spacial score (nSPS) is 15.9. The zero-order valence-electron chi connectivity index (χ0n) is 13.6. The number of halogens is 3. The average Bonchev–Trinajstić information content (AvgIpc) is 2.62. The molecule has 0 spiro atoms. The summed E-state index contributed by atoms with van der Waals surface area (Å²) in [5.41, 5.74) is 0.550. The van der Waals surface area contributed by atoms with Crippen LogP contribution in [0, 0.1) is 5.92 Å². The molecular formula is C19H19F3N2O. The predicted molar refractivity (Wildman–Crippen MR) is 91.5 cm³/mol. The summed E-state index contributed by atoms with van der Waals surface area (Å²) >= 11 is 0. The molecule has 1 aliphatic rings. The van der Waals surface area contributed by atoms with Crippen LogP contribution in [0.5, 0.6) is 0 Å². The van der Waals surface area contributed by atoms with Gasteiger partial charge in [-0.05, 0) is 43.2 Å². The van der Waals surface area contributed by atoms with Gasteiger partial charge in [-0.15, -0.1) is 0 Å². The summed E-state index contributed by atoms with van der Waals surface area (Å²) in [4.78, 5) is 14.6. The van der Waals surface area contributed by atoms with Crippen LogP contribution in [0.4, 0.5) is 24.5 Å². The third-order valence-electron chi connectivity index (χ3n) is 4.44. The fourth-order valence-electron chi connectivity index (χ4n) is 3.06. The summed E-state index contributed by atoms with van der Waals surface area (Å²) in [6, 6.07) is 14.7. The molecule has 0 atom stereocenters. The first-order chi connectivity index (χ1) is 11.9. The number of rotatable bonds is 3. The van der Waals surface area contributed by atoms with E-state index in [1.165, 1.54) is 12.1 Å². The summed E-state index contributed by atoms with van der Waals surface area (Å²) in [5, 5.41) is 2.62. The molecule has 1 heterocycles. The molecule has 1 saturated heterocycles. The number of para-hydroxylation sites is 1. The lowest BCUT2D eigenvalue weighted by Gasteiger charge is -2.33. The number of hydrogen-bond donors (Lipinski definition) is 1. The van der Waals surface area contributed by atoms with Crippen molar-refractivity contribution in [3.63, 3.8) is 0 Å². The monoisotopic (exact) mass is 348 g/mol. The van der Waals surface area contributed by atoms with Crippen LogP contribution in [0.3, 0.4) is 0 Å². The van der Waals surface area contributed by atoms with Crippen molar-refractivity contribution < 1.29 is 18.0 Å². The summed E-state index contributed by atoms with van der Waals surface area (Å²) in [7, 11) is 0. The number of benzene rings is 2. The van der Waals surface area contributed by atoms with Gasteiger partial charge in [0.25, 0.3) is 0 Å². The second kappa shape index (κ2) is 7.17. The molecule has 1 N–H and O–H groups in total. The molecule has 0 saturated carbocycles. The van der Waals surface area contributed by atoms with E-state index in [1.807, 2.05) is 30.3 Å². The second-order valence-electron chi connectivity index (χ2n) is 6.16. The Labute approximate surface area is 144 Å². The SMILES string of the molecule is O=C(Nc1cccc(C(F)(F)F)c1)C1CCN(c2ccccc2)CC1. The van der Waals surface area contributed by atoms with Crippen LogP contribution in [-0.4, -0.2) is 19.0 Å². The lowest BCUT2D eigenvalue weighted by atomic mass is 9.95. The zero-order chi connectivity index (χ0) is 17.9. The van der Waals surface area contributed by atoms with Crippen molar-refractivity contribution in [1.82, 2.24) is 0 Å². The van der Waals surface area contributed by atoms with E-state index in [4.69, 9.17) is 0 Å². The number of hydrogen-bond acceptors (Lipinski definition) is 2. The van der Waals surface area contributed by atoms with E-state index in [0.29, 0.717) is 12.8 Å². The van der Waals surface area contributed by atoms with Gasteiger partial charge in [-0.25, -0.2) is 0 Å². The molecule has 6 heteroatoms. The van der Waals surface area contributed by atoms with Gasteiger partial charge in [0.1, 0.15) is 0 Å². The van der Waals surface area contributed by atoms with E-state index < -0.39 is 11.7 Å². The third-order valence-corrected chi connectivity index (χ3v) is 4.44. The van der Waals surface area contributed by atoms with Crippen LogP contribution in [0.25, 0.3) is 0 Å². The summed E-state index contributed by atoms with van der Waals surface area (Å²) in [5.74, 6) is -0.401. The van der Waals surface area contributed by atoms with E-state index in [-0.39, 0.29) is 17.5 Å². The van der Waals surface area contributed by atoms with Crippen LogP contribution in [0.15, 0.2) is 54.6 Å². The van der Waals surface area contributed by atoms with Gasteiger partial charge >= 0.3 is 6.18 Å². The Morgan fingerprint density at radius 1 is 1.00 bits per heavy atom. The fourth-order valence-corrected chi connectivity index (χ4v) is 3.06. The van der Waals surface area contributed by atoms with E-state index in [1.54, 1.807) is 0 Å². The largest absolute Gasteiger partial charge is 0.416 e. The van der Waals surface area contributed by atoms with Gasteiger partial charge in [-0.2, -0.15) is 13.2 Å². The number of nitrogens with zero attached hydrogens (tertiary/aromatic N) is 1. The van der Waals surface area contributed by atoms with Gasteiger partial charge < -0.3 is 10.2 Å². The Morgan fingerprint density at radius 3 is 2.32 bits per heavy atom. The molecule has 132 valence electrons. The highest BCUT2D eigenvalue weighted by atomic mass is 19.4. The fraction of sp³-hybridized carbons (Fsp3) is 0.316. The molecule has 0 aliphatic carbocycles. The Kier molecular flexibility index (Phi) is 4.97. The Bertz CT molecular complexity index is 723. The first kappa shape index (κ1) is 17.3. The molecule has 3 nitrogen and oxygen atoms in total. The van der Waals surface area contributed by atoms with Crippen molar-refractivity contribution >= 4 is 17.3 Å². The van der Waals surface area contributed by atoms with Gasteiger partial charge in [0.2, 0.25) is 5.91 Å². The standard InChI is InChI=1S/C19H19F3N2O/c20-19(21,22)15-5-4-6-16(13-15)23-18(25)14-9-11-24(12-10-14)17-7-2-1-3-8-17/h1-8,13-14H,9-12H2,(H,23,25). The lowest BCUT2D eigenvalue weighted by Crippen LogP contribution is -2.38. The molecule has 1 aliphatic heterocycles. The first-order valence-corrected chi connectivity index (χ1v) is 8.21. The smallest absolute Gasteiger partial charge is 0.371 e. The van der Waals surface area contributed by atoms with Crippen molar-refractivity contribution in [2.24, 2.45) is 5.92 Å². The molecule has 2 aromatic carbocycles. The van der Waals surface area contributed by atoms with Crippen molar-refractivity contribution in [3.8, 4) is 0 Å². The Balaban J connectivity index is 1.58. The molecule has 0 aromatic heterocycles. The predicted octanol–water partition coefficient (Wildman–Crippen LogP) is 4.56. The van der Waals surface area contributed by atoms with Crippen LogP contribution < -0.4 is 10.2 Å². The number of piperidine rings is 1. The maximum absolute atomic E-state index is 12.7. The molecule has 3 rings (SSSR count). The Morgan fingerprint density at radius 2 is 1.68 bits per heavy atom. The number of carbonyl (C=O) groups excluding carboxylic acids is 1. The van der Waals surface area contributed by atoms with E-state index in [9.17, 15) is 18.0 Å². The summed E-state index contributed by atoms with van der Waals surface area (Å²) in [6.45, 7) is 1.51. The minimum atomic E-state index is -4.41. The average molecular weight is 348 g/mol. The van der Waals surface area contributed by atoms with Crippen LogP contribution in [0.2, 0.25) is 0 Å². The minimum absolute atomic E-state index is 0.185. The molecule has 1 amide bonds. The van der Waals surface area contributed by atoms with Crippen LogP contribution >= 0.6 is 0 Å². The minimum Gasteiger partial charge on any atom is -0.371 e. The van der Waals surface area contributed by atoms with Gasteiger partial charge in [0.15, 0.2) is 0 Å². The van der Waals surface area contributed by atoms with Crippen LogP contribution in [0.1, 0.15) is 18.4 Å². The number of alkyl halides is 3. The molecule has 1 fully saturated rings. The van der Waals surface area contributed by atoms with Gasteiger partial charge in [0, 0.05) is 30.4 Å². The van der Waals surface area contributed by atoms with E-state index in [2.05, 4.69) is 10.2 Å². The summed E-state index contributed by atoms with van der Waals surface area (Å²) in [6.07, 6.45) is -3.05. The van der Waals surface area contributed by atoms with E-state index >= 15 is 0 Å². The van der Waals surface area contributed by atoms with Gasteiger partial charge in [0.05, 0.1) is 5.56 Å². The number of anilines is 2. The number of nitrogens with one attached hydrogen (secondary N) is 1. The molecule has 0 unspecified atom stereocenters. The third kappa shape index (κ3) is 4.32. The highest BCUT2D eigenvalue weighted by Crippen LogP contribution is 2.31. The Hall–Kier alpha value is -2.50. The number of amides is 1. The van der Waals surface area contributed by atoms with Gasteiger partial charge in [-0.1, -0.05) is 24.3 Å². The maximum atomic E-state index is 12.7. The zero-order valence-corrected chi connectivity index (χ0v) is 13.6. The van der Waals surface area contributed by atoms with Crippen molar-refractivity contribution in [2.45, 2.75) is 19.0 Å². The molecule has 25 heavy (non-hydrogen) atoms. The topological polar surface area (TPSA) is 32.3 Å². The molecule has 2 aromatic rings. The lowest BCUT2D eigenvalue weighted by molar-refractivity contribution is -0.137. The van der Waals surface area contributed by atoms with E-state index in [0.717, 1.165) is 30.9 Å². The van der Waals surface area contributed by atoms with Gasteiger partial charge in [-0.3, -0.25) is 4.79 Å².